The van der Waals surface area contributed by atoms with Gasteiger partial charge in [-0.3, -0.25) is 10.2 Å². The lowest BCUT2D eigenvalue weighted by Gasteiger charge is -2.23. The molecule has 1 atom stereocenters. The van der Waals surface area contributed by atoms with Crippen LogP contribution in [0.15, 0.2) is 0 Å². The topological polar surface area (TPSA) is 62.2 Å². The van der Waals surface area contributed by atoms with Crippen LogP contribution in [0, 0.1) is 5.41 Å². The number of esters is 1. The van der Waals surface area contributed by atoms with E-state index in [1.165, 1.54) is 6.92 Å². The molecule has 0 radical (unpaired) electrons. The lowest BCUT2D eigenvalue weighted by molar-refractivity contribution is -0.143. The molecule has 0 aromatic heterocycles. The molecule has 1 unspecified atom stereocenters. The van der Waals surface area contributed by atoms with Gasteiger partial charge in [0.1, 0.15) is 5.84 Å². The number of amidine groups is 1. The summed E-state index contributed by atoms with van der Waals surface area (Å²) in [6.45, 7) is 2.18. The van der Waals surface area contributed by atoms with Gasteiger partial charge in [0, 0.05) is 13.5 Å². The number of nitrogens with one attached hydrogen (secondary N) is 2. The second kappa shape index (κ2) is 3.37. The van der Waals surface area contributed by atoms with Gasteiger partial charge in [-0.1, -0.05) is 0 Å². The molecular weight excluding hydrogens is 144 g/mol. The Morgan fingerprint density at radius 2 is 2.55 bits per heavy atom. The van der Waals surface area contributed by atoms with Crippen molar-refractivity contribution in [1.29, 1.82) is 5.41 Å². The van der Waals surface area contributed by atoms with E-state index in [-0.39, 0.29) is 12.1 Å². The van der Waals surface area contributed by atoms with Gasteiger partial charge in [0.2, 0.25) is 0 Å². The number of carbonyl (C=O) groups is 1. The Morgan fingerprint density at radius 3 is 3.09 bits per heavy atom. The van der Waals surface area contributed by atoms with Gasteiger partial charge >= 0.3 is 5.97 Å². The maximum atomic E-state index is 10.5. The van der Waals surface area contributed by atoms with Crippen LogP contribution in [0.3, 0.4) is 0 Å². The lowest BCUT2D eigenvalue weighted by Crippen LogP contribution is -2.41. The first-order valence-electron chi connectivity index (χ1n) is 3.69. The molecule has 1 aliphatic rings. The Bertz CT molecular complexity index is 179. The summed E-state index contributed by atoms with van der Waals surface area (Å²) in [4.78, 5) is 10.5. The molecule has 4 heteroatoms. The van der Waals surface area contributed by atoms with Crippen molar-refractivity contribution in [3.05, 3.63) is 0 Å². The summed E-state index contributed by atoms with van der Waals surface area (Å²) in [5.74, 6) is 0.00917. The first kappa shape index (κ1) is 8.04. The minimum atomic E-state index is -0.332. The SMILES string of the molecule is CC(=O)OC1CCCNC1=N. The number of ether oxygens (including phenoxy) is 1. The molecule has 0 bridgehead atoms. The summed E-state index contributed by atoms with van der Waals surface area (Å²) in [5.41, 5.74) is 0. The zero-order valence-electron chi connectivity index (χ0n) is 6.52. The Balaban J connectivity index is 2.42. The van der Waals surface area contributed by atoms with Crippen LogP contribution >= 0.6 is 0 Å². The smallest absolute Gasteiger partial charge is 0.303 e. The molecular formula is C7H12N2O2. The summed E-state index contributed by atoms with van der Waals surface area (Å²) >= 11 is 0. The molecule has 0 saturated carbocycles. The zero-order valence-corrected chi connectivity index (χ0v) is 6.52. The van der Waals surface area contributed by atoms with E-state index in [2.05, 4.69) is 5.32 Å². The Hall–Kier alpha value is -1.06. The van der Waals surface area contributed by atoms with Crippen molar-refractivity contribution >= 4 is 11.8 Å². The predicted molar refractivity (Wildman–Crippen MR) is 40.5 cm³/mol. The van der Waals surface area contributed by atoms with Crippen LogP contribution in [0.2, 0.25) is 0 Å². The number of hydrogen-bond acceptors (Lipinski definition) is 3. The molecule has 0 aromatic carbocycles. The molecule has 0 amide bonds. The molecule has 0 aromatic rings. The molecule has 62 valence electrons. The third-order valence-corrected chi connectivity index (χ3v) is 1.59. The zero-order chi connectivity index (χ0) is 8.27. The Kier molecular flexibility index (Phi) is 2.46. The highest BCUT2D eigenvalue weighted by Gasteiger charge is 2.20. The highest BCUT2D eigenvalue weighted by molar-refractivity contribution is 5.86. The third kappa shape index (κ3) is 2.22. The second-order valence-corrected chi connectivity index (χ2v) is 2.58. The molecule has 2 N–H and O–H groups in total. The Labute approximate surface area is 65.4 Å². The maximum Gasteiger partial charge on any atom is 0.303 e. The van der Waals surface area contributed by atoms with E-state index in [9.17, 15) is 4.79 Å². The van der Waals surface area contributed by atoms with Crippen molar-refractivity contribution in [3.63, 3.8) is 0 Å². The summed E-state index contributed by atoms with van der Waals surface area (Å²) in [6, 6.07) is 0. The van der Waals surface area contributed by atoms with Gasteiger partial charge in [-0.25, -0.2) is 0 Å². The molecule has 0 spiro atoms. The van der Waals surface area contributed by atoms with E-state index in [0.717, 1.165) is 19.4 Å². The van der Waals surface area contributed by atoms with E-state index < -0.39 is 0 Å². The van der Waals surface area contributed by atoms with Gasteiger partial charge < -0.3 is 10.1 Å². The van der Waals surface area contributed by atoms with Crippen molar-refractivity contribution in [3.8, 4) is 0 Å². The average molecular weight is 156 g/mol. The standard InChI is InChI=1S/C7H12N2O2/c1-5(10)11-6-3-2-4-9-7(6)8/h6H,2-4H2,1H3,(H2,8,9). The minimum Gasteiger partial charge on any atom is -0.454 e. The third-order valence-electron chi connectivity index (χ3n) is 1.59. The molecule has 4 nitrogen and oxygen atoms in total. The fourth-order valence-electron chi connectivity index (χ4n) is 1.09. The van der Waals surface area contributed by atoms with Crippen LogP contribution in [-0.2, 0) is 9.53 Å². The van der Waals surface area contributed by atoms with Gasteiger partial charge in [0.25, 0.3) is 0 Å². The molecule has 1 saturated heterocycles. The van der Waals surface area contributed by atoms with E-state index in [1.807, 2.05) is 0 Å². The van der Waals surface area contributed by atoms with Crippen LogP contribution < -0.4 is 5.32 Å². The number of rotatable bonds is 1. The van der Waals surface area contributed by atoms with Gasteiger partial charge in [-0.05, 0) is 12.8 Å². The van der Waals surface area contributed by atoms with E-state index in [1.54, 1.807) is 0 Å². The van der Waals surface area contributed by atoms with Crippen molar-refractivity contribution in [2.45, 2.75) is 25.9 Å². The summed E-state index contributed by atoms with van der Waals surface area (Å²) in [5, 5.41) is 10.2. The average Bonchev–Trinajstić information content (AvgIpc) is 1.93. The predicted octanol–water partition coefficient (Wildman–Crippen LogP) is 0.279. The molecule has 1 heterocycles. The van der Waals surface area contributed by atoms with Crippen molar-refractivity contribution in [2.75, 3.05) is 6.54 Å². The first-order valence-corrected chi connectivity index (χ1v) is 3.69. The minimum absolute atomic E-state index is 0.316. The molecule has 1 fully saturated rings. The van der Waals surface area contributed by atoms with E-state index in [4.69, 9.17) is 10.1 Å². The largest absolute Gasteiger partial charge is 0.454 e. The van der Waals surface area contributed by atoms with Gasteiger partial charge in [-0.2, -0.15) is 0 Å². The van der Waals surface area contributed by atoms with Gasteiger partial charge in [0.15, 0.2) is 6.10 Å². The highest BCUT2D eigenvalue weighted by Crippen LogP contribution is 2.07. The van der Waals surface area contributed by atoms with Crippen LogP contribution in [0.5, 0.6) is 0 Å². The number of hydrogen-bond donors (Lipinski definition) is 2. The summed E-state index contributed by atoms with van der Waals surface area (Å²) in [7, 11) is 0. The highest BCUT2D eigenvalue weighted by atomic mass is 16.5. The monoisotopic (exact) mass is 156 g/mol. The normalized spacial score (nSPS) is 24.1. The fraction of sp³-hybridized carbons (Fsp3) is 0.714. The molecule has 0 aliphatic carbocycles. The lowest BCUT2D eigenvalue weighted by atomic mass is 10.1. The van der Waals surface area contributed by atoms with E-state index >= 15 is 0 Å². The van der Waals surface area contributed by atoms with Crippen LogP contribution in [0.1, 0.15) is 19.8 Å². The number of piperidine rings is 1. The van der Waals surface area contributed by atoms with E-state index in [0.29, 0.717) is 5.84 Å². The van der Waals surface area contributed by atoms with Crippen molar-refractivity contribution in [2.24, 2.45) is 0 Å². The van der Waals surface area contributed by atoms with Crippen molar-refractivity contribution < 1.29 is 9.53 Å². The van der Waals surface area contributed by atoms with Crippen LogP contribution in [-0.4, -0.2) is 24.5 Å². The quantitative estimate of drug-likeness (QED) is 0.536. The van der Waals surface area contributed by atoms with Crippen LogP contribution in [0.25, 0.3) is 0 Å². The Morgan fingerprint density at radius 1 is 1.82 bits per heavy atom. The summed E-state index contributed by atoms with van der Waals surface area (Å²) < 4.78 is 4.88. The number of carbonyl (C=O) groups excluding carboxylic acids is 1. The molecule has 1 rings (SSSR count). The molecule has 11 heavy (non-hydrogen) atoms. The van der Waals surface area contributed by atoms with Gasteiger partial charge in [-0.15, -0.1) is 0 Å². The maximum absolute atomic E-state index is 10.5. The summed E-state index contributed by atoms with van der Waals surface area (Å²) in [6.07, 6.45) is 1.40. The first-order chi connectivity index (χ1) is 5.20. The fourth-order valence-corrected chi connectivity index (χ4v) is 1.09. The van der Waals surface area contributed by atoms with Crippen molar-refractivity contribution in [1.82, 2.24) is 5.32 Å². The van der Waals surface area contributed by atoms with Crippen LogP contribution in [0.4, 0.5) is 0 Å². The second-order valence-electron chi connectivity index (χ2n) is 2.58. The molecule has 1 aliphatic heterocycles. The van der Waals surface area contributed by atoms with Gasteiger partial charge in [0.05, 0.1) is 0 Å².